The number of carboxylic acids is 1. The number of aromatic nitrogens is 2. The molecular weight excluding hydrogens is 194 g/mol. The van der Waals surface area contributed by atoms with Crippen molar-refractivity contribution in [3.63, 3.8) is 0 Å². The molecule has 0 saturated heterocycles. The van der Waals surface area contributed by atoms with Crippen molar-refractivity contribution in [1.82, 2.24) is 9.97 Å². The fourth-order valence-corrected chi connectivity index (χ4v) is 1.53. The molecule has 5 nitrogen and oxygen atoms in total. The van der Waals surface area contributed by atoms with E-state index in [4.69, 9.17) is 5.11 Å². The van der Waals surface area contributed by atoms with Gasteiger partial charge in [0, 0.05) is 17.8 Å². The molecule has 0 unspecified atom stereocenters. The maximum absolute atomic E-state index is 10.7. The van der Waals surface area contributed by atoms with E-state index in [1.165, 1.54) is 6.33 Å². The predicted octanol–water partition coefficient (Wildman–Crippen LogP) is 0.838. The Labute approximate surface area is 87.8 Å². The summed E-state index contributed by atoms with van der Waals surface area (Å²) in [6.45, 7) is 1.89. The van der Waals surface area contributed by atoms with Gasteiger partial charge in [0.25, 0.3) is 0 Å². The summed E-state index contributed by atoms with van der Waals surface area (Å²) in [6, 6.07) is 2.16. The minimum Gasteiger partial charge on any atom is -0.480 e. The Morgan fingerprint density at radius 2 is 2.33 bits per heavy atom. The summed E-state index contributed by atoms with van der Waals surface area (Å²) in [5, 5.41) is 8.81. The molecule has 2 rings (SSSR count). The van der Waals surface area contributed by atoms with E-state index in [1.807, 2.05) is 17.9 Å². The van der Waals surface area contributed by atoms with Gasteiger partial charge in [0.05, 0.1) is 0 Å². The number of carboxylic acid groups (broad SMARTS) is 1. The standard InChI is InChI=1S/C10H13N3O2/c1-7-4-9(12-6-11-7)13(5-10(14)15)8-2-3-8/h4,6,8H,2-3,5H2,1H3,(H,14,15). The van der Waals surface area contributed by atoms with Crippen molar-refractivity contribution in [1.29, 1.82) is 0 Å². The maximum Gasteiger partial charge on any atom is 0.323 e. The lowest BCUT2D eigenvalue weighted by atomic mass is 10.3. The summed E-state index contributed by atoms with van der Waals surface area (Å²) in [4.78, 5) is 20.6. The van der Waals surface area contributed by atoms with E-state index in [0.29, 0.717) is 11.9 Å². The van der Waals surface area contributed by atoms with E-state index < -0.39 is 5.97 Å². The zero-order valence-electron chi connectivity index (χ0n) is 8.55. The molecule has 0 atom stereocenters. The highest BCUT2D eigenvalue weighted by atomic mass is 16.4. The molecule has 0 radical (unpaired) electrons. The summed E-state index contributed by atoms with van der Waals surface area (Å²) >= 11 is 0. The third kappa shape index (κ3) is 2.43. The quantitative estimate of drug-likeness (QED) is 0.792. The minimum atomic E-state index is -0.821. The smallest absolute Gasteiger partial charge is 0.323 e. The van der Waals surface area contributed by atoms with Gasteiger partial charge in [-0.15, -0.1) is 0 Å². The van der Waals surface area contributed by atoms with Crippen LogP contribution in [-0.2, 0) is 4.79 Å². The van der Waals surface area contributed by atoms with Crippen LogP contribution in [0, 0.1) is 6.92 Å². The summed E-state index contributed by atoms with van der Waals surface area (Å²) in [6.07, 6.45) is 3.58. The minimum absolute atomic E-state index is 0.0150. The summed E-state index contributed by atoms with van der Waals surface area (Å²) in [7, 11) is 0. The van der Waals surface area contributed by atoms with Crippen LogP contribution in [0.5, 0.6) is 0 Å². The SMILES string of the molecule is Cc1cc(N(CC(=O)O)C2CC2)ncn1. The first-order valence-corrected chi connectivity index (χ1v) is 4.94. The molecule has 5 heteroatoms. The lowest BCUT2D eigenvalue weighted by Gasteiger charge is -2.20. The van der Waals surface area contributed by atoms with Crippen molar-refractivity contribution in [2.24, 2.45) is 0 Å². The first kappa shape index (κ1) is 9.89. The van der Waals surface area contributed by atoms with E-state index in [-0.39, 0.29) is 6.54 Å². The largest absolute Gasteiger partial charge is 0.480 e. The highest BCUT2D eigenvalue weighted by molar-refractivity contribution is 5.73. The van der Waals surface area contributed by atoms with E-state index in [9.17, 15) is 4.79 Å². The molecule has 1 N–H and O–H groups in total. The van der Waals surface area contributed by atoms with Crippen LogP contribution < -0.4 is 4.90 Å². The van der Waals surface area contributed by atoms with E-state index in [1.54, 1.807) is 0 Å². The number of nitrogens with zero attached hydrogens (tertiary/aromatic N) is 3. The second-order valence-corrected chi connectivity index (χ2v) is 3.77. The molecule has 0 bridgehead atoms. The van der Waals surface area contributed by atoms with Crippen molar-refractivity contribution in [3.8, 4) is 0 Å². The molecule has 0 spiro atoms. The third-order valence-electron chi connectivity index (χ3n) is 2.38. The Balaban J connectivity index is 2.19. The topological polar surface area (TPSA) is 66.3 Å². The molecule has 80 valence electrons. The lowest BCUT2D eigenvalue weighted by Crippen LogP contribution is -2.32. The van der Waals surface area contributed by atoms with Gasteiger partial charge in [-0.1, -0.05) is 0 Å². The van der Waals surface area contributed by atoms with Crippen LogP contribution in [0.3, 0.4) is 0 Å². The van der Waals surface area contributed by atoms with Crippen molar-refractivity contribution in [2.45, 2.75) is 25.8 Å². The molecule has 1 aromatic rings. The second-order valence-electron chi connectivity index (χ2n) is 3.77. The van der Waals surface area contributed by atoms with Gasteiger partial charge in [0.15, 0.2) is 0 Å². The monoisotopic (exact) mass is 207 g/mol. The van der Waals surface area contributed by atoms with Gasteiger partial charge in [0.2, 0.25) is 0 Å². The molecular formula is C10H13N3O2. The zero-order valence-corrected chi connectivity index (χ0v) is 8.55. The Kier molecular flexibility index (Phi) is 2.53. The first-order chi connectivity index (χ1) is 7.16. The van der Waals surface area contributed by atoms with Crippen LogP contribution >= 0.6 is 0 Å². The molecule has 1 fully saturated rings. The maximum atomic E-state index is 10.7. The van der Waals surface area contributed by atoms with Gasteiger partial charge in [-0.3, -0.25) is 4.79 Å². The molecule has 0 aliphatic heterocycles. The highest BCUT2D eigenvalue weighted by Gasteiger charge is 2.31. The Bertz CT molecular complexity index is 377. The number of aliphatic carboxylic acids is 1. The van der Waals surface area contributed by atoms with Crippen molar-refractivity contribution >= 4 is 11.8 Å². The number of aryl methyl sites for hydroxylation is 1. The van der Waals surface area contributed by atoms with Crippen LogP contribution in [0.1, 0.15) is 18.5 Å². The second kappa shape index (κ2) is 3.84. The van der Waals surface area contributed by atoms with Crippen LogP contribution in [0.4, 0.5) is 5.82 Å². The van der Waals surface area contributed by atoms with E-state index >= 15 is 0 Å². The van der Waals surface area contributed by atoms with Gasteiger partial charge >= 0.3 is 5.97 Å². The van der Waals surface area contributed by atoms with Crippen molar-refractivity contribution in [3.05, 3.63) is 18.1 Å². The van der Waals surface area contributed by atoms with Gasteiger partial charge < -0.3 is 10.0 Å². The molecule has 1 aliphatic carbocycles. The third-order valence-corrected chi connectivity index (χ3v) is 2.38. The first-order valence-electron chi connectivity index (χ1n) is 4.94. The number of rotatable bonds is 4. The van der Waals surface area contributed by atoms with Gasteiger partial charge in [-0.2, -0.15) is 0 Å². The van der Waals surface area contributed by atoms with Crippen molar-refractivity contribution in [2.75, 3.05) is 11.4 Å². The Morgan fingerprint density at radius 3 is 2.87 bits per heavy atom. The lowest BCUT2D eigenvalue weighted by molar-refractivity contribution is -0.135. The fraction of sp³-hybridized carbons (Fsp3) is 0.500. The average molecular weight is 207 g/mol. The number of carbonyl (C=O) groups is 1. The Hall–Kier alpha value is -1.65. The highest BCUT2D eigenvalue weighted by Crippen LogP contribution is 2.30. The van der Waals surface area contributed by atoms with Gasteiger partial charge in [-0.05, 0) is 19.8 Å². The molecule has 1 saturated carbocycles. The fourth-order valence-electron chi connectivity index (χ4n) is 1.53. The van der Waals surface area contributed by atoms with Crippen LogP contribution in [-0.4, -0.2) is 33.6 Å². The molecule has 0 amide bonds. The molecule has 15 heavy (non-hydrogen) atoms. The Morgan fingerprint density at radius 1 is 1.60 bits per heavy atom. The summed E-state index contributed by atoms with van der Waals surface area (Å²) < 4.78 is 0. The van der Waals surface area contributed by atoms with Gasteiger partial charge in [0.1, 0.15) is 18.7 Å². The normalized spacial score (nSPS) is 15.0. The summed E-state index contributed by atoms with van der Waals surface area (Å²) in [5.41, 5.74) is 0.857. The van der Waals surface area contributed by atoms with Crippen molar-refractivity contribution < 1.29 is 9.90 Å². The van der Waals surface area contributed by atoms with Crippen LogP contribution in [0.25, 0.3) is 0 Å². The van der Waals surface area contributed by atoms with Crippen LogP contribution in [0.2, 0.25) is 0 Å². The molecule has 0 aromatic carbocycles. The number of hydrogen-bond donors (Lipinski definition) is 1. The molecule has 1 aliphatic rings. The van der Waals surface area contributed by atoms with Crippen LogP contribution in [0.15, 0.2) is 12.4 Å². The number of anilines is 1. The molecule has 1 aromatic heterocycles. The van der Waals surface area contributed by atoms with E-state index in [2.05, 4.69) is 9.97 Å². The number of hydrogen-bond acceptors (Lipinski definition) is 4. The summed E-state index contributed by atoms with van der Waals surface area (Å²) in [5.74, 6) is -0.106. The van der Waals surface area contributed by atoms with Gasteiger partial charge in [-0.25, -0.2) is 9.97 Å². The molecule has 1 heterocycles. The zero-order chi connectivity index (χ0) is 10.8. The van der Waals surface area contributed by atoms with E-state index in [0.717, 1.165) is 18.5 Å². The average Bonchev–Trinajstić information content (AvgIpc) is 2.97. The predicted molar refractivity (Wildman–Crippen MR) is 54.8 cm³/mol.